The Morgan fingerprint density at radius 2 is 1.72 bits per heavy atom. The van der Waals surface area contributed by atoms with Gasteiger partial charge >= 0.3 is 0 Å². The standard InChI is InChI=1S/C14H33N3O/c1-7-17(10-8-9-16(5)6)12(11-18)13(15)14(2,3)4/h12-13,18H,7-11,15H2,1-6H3. The molecule has 0 bridgehead atoms. The van der Waals surface area contributed by atoms with Gasteiger partial charge in [-0.2, -0.15) is 0 Å². The Morgan fingerprint density at radius 3 is 2.06 bits per heavy atom. The maximum absolute atomic E-state index is 9.64. The minimum absolute atomic E-state index is 0.0122. The summed E-state index contributed by atoms with van der Waals surface area (Å²) < 4.78 is 0. The smallest absolute Gasteiger partial charge is 0.0602 e. The van der Waals surface area contributed by atoms with Crippen molar-refractivity contribution in [2.75, 3.05) is 40.3 Å². The van der Waals surface area contributed by atoms with Crippen molar-refractivity contribution in [2.24, 2.45) is 11.1 Å². The molecular weight excluding hydrogens is 226 g/mol. The number of nitrogens with two attached hydrogens (primary N) is 1. The molecule has 0 amide bonds. The third-order valence-electron chi connectivity index (χ3n) is 3.53. The Balaban J connectivity index is 4.48. The Bertz CT molecular complexity index is 214. The highest BCUT2D eigenvalue weighted by Crippen LogP contribution is 2.22. The third-order valence-corrected chi connectivity index (χ3v) is 3.53. The summed E-state index contributed by atoms with van der Waals surface area (Å²) in [7, 11) is 4.17. The van der Waals surface area contributed by atoms with Crippen LogP contribution in [0.3, 0.4) is 0 Å². The molecule has 0 saturated heterocycles. The van der Waals surface area contributed by atoms with Crippen molar-refractivity contribution in [2.45, 2.75) is 46.2 Å². The van der Waals surface area contributed by atoms with Gasteiger partial charge in [0.05, 0.1) is 6.61 Å². The van der Waals surface area contributed by atoms with E-state index >= 15 is 0 Å². The molecule has 0 rings (SSSR count). The van der Waals surface area contributed by atoms with E-state index < -0.39 is 0 Å². The summed E-state index contributed by atoms with van der Waals surface area (Å²) in [6.07, 6.45) is 1.11. The fourth-order valence-electron chi connectivity index (χ4n) is 2.18. The van der Waals surface area contributed by atoms with Gasteiger partial charge in [0, 0.05) is 12.1 Å². The molecule has 0 radical (unpaired) electrons. The van der Waals surface area contributed by atoms with Crippen LogP contribution in [0.2, 0.25) is 0 Å². The van der Waals surface area contributed by atoms with E-state index in [1.54, 1.807) is 0 Å². The van der Waals surface area contributed by atoms with Crippen molar-refractivity contribution in [1.82, 2.24) is 9.80 Å². The first kappa shape index (κ1) is 17.8. The van der Waals surface area contributed by atoms with Gasteiger partial charge in [-0.3, -0.25) is 4.90 Å². The summed E-state index contributed by atoms with van der Waals surface area (Å²) in [5.74, 6) is 0. The molecular formula is C14H33N3O. The van der Waals surface area contributed by atoms with Gasteiger partial charge in [-0.1, -0.05) is 27.7 Å². The molecule has 0 aromatic heterocycles. The van der Waals surface area contributed by atoms with E-state index in [0.29, 0.717) is 0 Å². The molecule has 0 aromatic carbocycles. The average molecular weight is 259 g/mol. The van der Waals surface area contributed by atoms with E-state index in [1.165, 1.54) is 0 Å². The summed E-state index contributed by atoms with van der Waals surface area (Å²) in [4.78, 5) is 4.49. The Morgan fingerprint density at radius 1 is 1.17 bits per heavy atom. The lowest BCUT2D eigenvalue weighted by Crippen LogP contribution is -2.55. The van der Waals surface area contributed by atoms with E-state index in [-0.39, 0.29) is 24.1 Å². The second-order valence-electron chi connectivity index (χ2n) is 6.43. The van der Waals surface area contributed by atoms with Crippen LogP contribution in [0.5, 0.6) is 0 Å². The van der Waals surface area contributed by atoms with Crippen molar-refractivity contribution < 1.29 is 5.11 Å². The van der Waals surface area contributed by atoms with E-state index in [1.807, 2.05) is 0 Å². The van der Waals surface area contributed by atoms with Gasteiger partial charge in [0.15, 0.2) is 0 Å². The lowest BCUT2D eigenvalue weighted by Gasteiger charge is -2.40. The summed E-state index contributed by atoms with van der Waals surface area (Å²) in [5.41, 5.74) is 6.32. The molecule has 110 valence electrons. The minimum Gasteiger partial charge on any atom is -0.395 e. The zero-order valence-corrected chi connectivity index (χ0v) is 13.1. The van der Waals surface area contributed by atoms with Crippen molar-refractivity contribution >= 4 is 0 Å². The maximum atomic E-state index is 9.64. The van der Waals surface area contributed by atoms with Crippen LogP contribution in [-0.2, 0) is 0 Å². The average Bonchev–Trinajstić information content (AvgIpc) is 2.25. The van der Waals surface area contributed by atoms with Gasteiger partial charge in [-0.25, -0.2) is 0 Å². The molecule has 0 aliphatic carbocycles. The van der Waals surface area contributed by atoms with E-state index in [9.17, 15) is 5.11 Å². The number of hydrogen-bond donors (Lipinski definition) is 2. The zero-order valence-electron chi connectivity index (χ0n) is 13.1. The lowest BCUT2D eigenvalue weighted by molar-refractivity contribution is 0.0721. The van der Waals surface area contributed by atoms with Crippen LogP contribution in [0.25, 0.3) is 0 Å². The Kier molecular flexibility index (Phi) is 8.03. The number of hydrogen-bond acceptors (Lipinski definition) is 4. The summed E-state index contributed by atoms with van der Waals surface area (Å²) >= 11 is 0. The van der Waals surface area contributed by atoms with Gasteiger partial charge in [-0.05, 0) is 45.6 Å². The highest BCUT2D eigenvalue weighted by molar-refractivity contribution is 4.89. The molecule has 0 fully saturated rings. The maximum Gasteiger partial charge on any atom is 0.0602 e. The summed E-state index contributed by atoms with van der Waals surface area (Å²) in [5, 5.41) is 9.64. The predicted molar refractivity (Wildman–Crippen MR) is 78.7 cm³/mol. The topological polar surface area (TPSA) is 52.7 Å². The minimum atomic E-state index is -0.0122. The molecule has 3 N–H and O–H groups in total. The van der Waals surface area contributed by atoms with Gasteiger partial charge < -0.3 is 15.7 Å². The third kappa shape index (κ3) is 6.14. The van der Waals surface area contributed by atoms with Crippen LogP contribution in [-0.4, -0.2) is 67.3 Å². The molecule has 0 aromatic rings. The molecule has 0 aliphatic rings. The highest BCUT2D eigenvalue weighted by Gasteiger charge is 2.31. The highest BCUT2D eigenvalue weighted by atomic mass is 16.3. The van der Waals surface area contributed by atoms with Crippen molar-refractivity contribution in [3.63, 3.8) is 0 Å². The van der Waals surface area contributed by atoms with Gasteiger partial charge in [0.1, 0.15) is 0 Å². The first-order chi connectivity index (χ1) is 8.23. The first-order valence-corrected chi connectivity index (χ1v) is 6.99. The van der Waals surface area contributed by atoms with Crippen LogP contribution in [0.15, 0.2) is 0 Å². The molecule has 4 heteroatoms. The molecule has 0 spiro atoms. The number of aliphatic hydroxyl groups is 1. The zero-order chi connectivity index (χ0) is 14.3. The molecule has 0 aliphatic heterocycles. The Hall–Kier alpha value is -0.160. The normalized spacial score (nSPS) is 16.3. The molecule has 0 heterocycles. The second kappa shape index (κ2) is 8.10. The number of nitrogens with zero attached hydrogens (tertiary/aromatic N) is 2. The number of aliphatic hydroxyl groups excluding tert-OH is 1. The van der Waals surface area contributed by atoms with Gasteiger partial charge in [-0.15, -0.1) is 0 Å². The largest absolute Gasteiger partial charge is 0.395 e. The van der Waals surface area contributed by atoms with E-state index in [2.05, 4.69) is 51.6 Å². The number of likely N-dealkylation sites (N-methyl/N-ethyl adjacent to an activating group) is 1. The van der Waals surface area contributed by atoms with Crippen molar-refractivity contribution in [1.29, 1.82) is 0 Å². The second-order valence-corrected chi connectivity index (χ2v) is 6.43. The van der Waals surface area contributed by atoms with Crippen LogP contribution in [0.1, 0.15) is 34.1 Å². The molecule has 4 nitrogen and oxygen atoms in total. The molecule has 2 unspecified atom stereocenters. The fraction of sp³-hybridized carbons (Fsp3) is 1.00. The predicted octanol–water partition coefficient (Wildman–Crippen LogP) is 0.994. The Labute approximate surface area is 113 Å². The molecule has 18 heavy (non-hydrogen) atoms. The van der Waals surface area contributed by atoms with Crippen LogP contribution in [0.4, 0.5) is 0 Å². The lowest BCUT2D eigenvalue weighted by atomic mass is 9.82. The monoisotopic (exact) mass is 259 g/mol. The summed E-state index contributed by atoms with van der Waals surface area (Å²) in [6.45, 7) is 11.7. The van der Waals surface area contributed by atoms with Crippen LogP contribution < -0.4 is 5.73 Å². The quantitative estimate of drug-likeness (QED) is 0.683. The van der Waals surface area contributed by atoms with Gasteiger partial charge in [0.25, 0.3) is 0 Å². The molecule has 2 atom stereocenters. The number of rotatable bonds is 8. The van der Waals surface area contributed by atoms with Crippen LogP contribution in [0, 0.1) is 5.41 Å². The van der Waals surface area contributed by atoms with Gasteiger partial charge in [0.2, 0.25) is 0 Å². The first-order valence-electron chi connectivity index (χ1n) is 6.99. The van der Waals surface area contributed by atoms with E-state index in [0.717, 1.165) is 26.1 Å². The summed E-state index contributed by atoms with van der Waals surface area (Å²) in [6, 6.07) is 0.0407. The van der Waals surface area contributed by atoms with Crippen molar-refractivity contribution in [3.05, 3.63) is 0 Å². The van der Waals surface area contributed by atoms with E-state index in [4.69, 9.17) is 5.73 Å². The van der Waals surface area contributed by atoms with Crippen LogP contribution >= 0.6 is 0 Å². The fourth-order valence-corrected chi connectivity index (χ4v) is 2.18. The SMILES string of the molecule is CCN(CCCN(C)C)C(CO)C(N)C(C)(C)C. The molecule has 0 saturated carbocycles. The van der Waals surface area contributed by atoms with Crippen molar-refractivity contribution in [3.8, 4) is 0 Å².